The lowest BCUT2D eigenvalue weighted by molar-refractivity contribution is -0.264. The molecule has 0 aromatic heterocycles. The predicted molar refractivity (Wildman–Crippen MR) is 447 cm³/mol. The largest absolute Gasteiger partial charge is 0.397 e. The minimum atomic E-state index is -5.48. The van der Waals surface area contributed by atoms with E-state index in [1.165, 1.54) is 6.92 Å². The van der Waals surface area contributed by atoms with Gasteiger partial charge in [0.05, 0.1) is 134 Å². The Morgan fingerprint density at radius 1 is 0.183 bits per heavy atom. The van der Waals surface area contributed by atoms with E-state index in [-0.39, 0.29) is 0 Å². The van der Waals surface area contributed by atoms with E-state index in [4.69, 9.17) is 103 Å². The van der Waals surface area contributed by atoms with Crippen molar-refractivity contribution in [1.29, 1.82) is 0 Å². The second-order valence-electron chi connectivity index (χ2n) is 30.5. The second kappa shape index (κ2) is 48.1. The smallest absolute Gasteiger partial charge is 0.388 e. The maximum atomic E-state index is 12.0. The SMILES string of the molecule is CC1O[C@@H](COCC2[C@H](COCC3[C@H](COC[C@@H]4C(OS(O)(O)O)[C@H](O)OC(C)[C@@H]4OS(O)(O)O)OC(C)[C@H](OS(O)(O)O)[C@@H]3COC[C@@H]3OC(C)[C@@H](OS(O)(O)O)[C@H](OS(O)(O)O)C3OS(O)(O)O)OC(C)[C@H](OS(O)(O)O)[C@@H]2COC[C@@H]2OC(C)[C@H](OS(O)(O)O)[C@H](COC[C@@H]3OC(C)[C@@H](OS(O)(O)O)[C@H](O)C3OS(O)(O)O)C2OS(O)(O)O)C(O)[C@@H](OS(=O)(=O)O)[C@@H]1O. The fourth-order valence-corrected chi connectivity index (χ4v) is 22.5. The van der Waals surface area contributed by atoms with Crippen molar-refractivity contribution in [2.75, 3.05) is 79.3 Å². The summed E-state index contributed by atoms with van der Waals surface area (Å²) in [6.45, 7) is -3.78. The van der Waals surface area contributed by atoms with Gasteiger partial charge in [0.1, 0.15) is 116 Å². The molecule has 35 atom stereocenters. The Morgan fingerprint density at radius 3 is 0.779 bits per heavy atom. The zero-order valence-electron chi connectivity index (χ0n) is 68.6. The van der Waals surface area contributed by atoms with E-state index in [1.54, 1.807) is 0 Å². The Bertz CT molecular complexity index is 3500. The first-order valence-electron chi connectivity index (χ1n) is 37.4. The number of aliphatic hydroxyl groups is 4. The molecular weight excluding hydrogens is 2070 g/mol. The molecule has 0 aliphatic carbocycles. The molecule has 7 saturated heterocycles. The molecular formula is C54H118O65S12. The highest BCUT2D eigenvalue weighted by molar-refractivity contribution is 8.17. The van der Waals surface area contributed by atoms with Gasteiger partial charge in [0.15, 0.2) is 6.29 Å². The summed E-state index contributed by atoms with van der Waals surface area (Å²) < 4.78 is 508. The minimum absolute atomic E-state index is 0.890. The molecule has 7 rings (SSSR count). The van der Waals surface area contributed by atoms with Crippen LogP contribution in [0.1, 0.15) is 48.5 Å². The highest BCUT2D eigenvalue weighted by Crippen LogP contribution is 2.55. The Labute approximate surface area is 764 Å². The van der Waals surface area contributed by atoms with Crippen molar-refractivity contribution in [2.24, 2.45) is 35.5 Å². The van der Waals surface area contributed by atoms with Crippen LogP contribution in [0.3, 0.4) is 0 Å². The first kappa shape index (κ1) is 119. The average molecular weight is 2190 g/mol. The summed E-state index contributed by atoms with van der Waals surface area (Å²) in [5.74, 6) is -10.3. The highest BCUT2D eigenvalue weighted by Gasteiger charge is 2.59. The predicted octanol–water partition coefficient (Wildman–Crippen LogP) is 5.28. The van der Waals surface area contributed by atoms with Gasteiger partial charge in [0.25, 0.3) is 0 Å². The van der Waals surface area contributed by atoms with E-state index in [0.717, 1.165) is 41.5 Å². The van der Waals surface area contributed by atoms with Crippen LogP contribution >= 0.6 is 123 Å². The molecule has 77 heteroatoms. The summed E-state index contributed by atoms with van der Waals surface area (Å²) >= 11 is -57.0. The molecule has 0 radical (unpaired) electrons. The summed E-state index contributed by atoms with van der Waals surface area (Å²) in [5, 5.41) is 44.5. The van der Waals surface area contributed by atoms with Crippen LogP contribution in [0, 0.1) is 35.5 Å². The third-order valence-corrected chi connectivity index (χ3v) is 26.5. The lowest BCUT2D eigenvalue weighted by Crippen LogP contribution is -2.61. The quantitative estimate of drug-likeness (QED) is 0.0345. The summed E-state index contributed by atoms with van der Waals surface area (Å²) in [6, 6.07) is 0. The summed E-state index contributed by atoms with van der Waals surface area (Å²) in [7, 11) is -5.48. The van der Waals surface area contributed by atoms with Crippen LogP contribution in [0.2, 0.25) is 0 Å². The Hall–Kier alpha value is 1.28. The monoisotopic (exact) mass is 2190 g/mol. The van der Waals surface area contributed by atoms with Crippen molar-refractivity contribution in [3.8, 4) is 0 Å². The van der Waals surface area contributed by atoms with Gasteiger partial charge < -0.3 is 82.0 Å². The van der Waals surface area contributed by atoms with E-state index in [9.17, 15) is 184 Å². The van der Waals surface area contributed by atoms with Crippen molar-refractivity contribution >= 4 is 133 Å². The van der Waals surface area contributed by atoms with Gasteiger partial charge in [0, 0.05) is 35.5 Å². The van der Waals surface area contributed by atoms with Gasteiger partial charge >= 0.3 is 10.4 Å². The van der Waals surface area contributed by atoms with E-state index < -0.39 is 425 Å². The fraction of sp³-hybridized carbons (Fsp3) is 1.00. The zero-order valence-corrected chi connectivity index (χ0v) is 78.4. The van der Waals surface area contributed by atoms with Crippen molar-refractivity contribution in [3.63, 3.8) is 0 Å². The van der Waals surface area contributed by atoms with Gasteiger partial charge in [-0.25, -0.2) is 4.18 Å². The molecule has 38 N–H and O–H groups in total. The van der Waals surface area contributed by atoms with E-state index >= 15 is 0 Å². The molecule has 7 aliphatic rings. The van der Waals surface area contributed by atoms with Gasteiger partial charge in [-0.2, -0.15) is 8.42 Å². The van der Waals surface area contributed by atoms with Gasteiger partial charge in [-0.3, -0.25) is 201 Å². The molecule has 0 amide bonds. The first-order chi connectivity index (χ1) is 59.4. The van der Waals surface area contributed by atoms with Crippen LogP contribution in [0.15, 0.2) is 0 Å². The van der Waals surface area contributed by atoms with Crippen molar-refractivity contribution in [2.45, 2.75) is 226 Å². The molecule has 131 heavy (non-hydrogen) atoms. The van der Waals surface area contributed by atoms with Gasteiger partial charge in [-0.15, -0.1) is 0 Å². The maximum absolute atomic E-state index is 12.0. The molecule has 7 aliphatic heterocycles. The molecule has 65 nitrogen and oxygen atoms in total. The normalized spacial score (nSPS) is 39.7. The van der Waals surface area contributed by atoms with Gasteiger partial charge in [-0.1, -0.05) is 0 Å². The molecule has 7 fully saturated rings. The van der Waals surface area contributed by atoms with Crippen LogP contribution in [0.4, 0.5) is 0 Å². The second-order valence-corrected chi connectivity index (χ2v) is 44.0. The standard InChI is InChI=1S/C54H118O65S12/c1-20-39(55)52(118-130(89,90)91)40(56)35(101-20)16-96-9-28-29(10-97-17-36-48(114-126(77,78)79)31(44(23(4)104-36)110-122(65,66)67)12-100-18-37-50(116-128(83,84)85)41(57)46(25(6)105-37)112-124(71,72)73)42(108-120(59,60)61)21(2)102-33(28)14-95-8-27-30(11-98-19-38-51(117-129(86,87)88)53(119-131(92,93)94)47(26(7)106-38)113-125(74,75)76)43(109-121(62,63)64)22(3)103-34(27)15-99-13-32-45(111-123(68,69)70)24(5)107-54(58)49(32)115-127(80,81)82/h20-88,92-94H,8-19H2,1-7H3,(H,89,90,91)/t20?,21?,22?,23?,24?,25?,26?,27?,28?,29-,30-,31+,32+,33+,34+,35+,36+,37+,38+,39-,40?,41+,42+,43+,44+,45+,46-,47-,48?,49?,50?,51?,52+,53+,54-/m1/s1. The Balaban J connectivity index is 1.32. The number of aliphatic hydroxyl groups excluding tert-OH is 4. The molecule has 14 unspecified atom stereocenters. The highest BCUT2D eigenvalue weighted by atomic mass is 32.3. The van der Waals surface area contributed by atoms with Crippen molar-refractivity contribution in [3.05, 3.63) is 0 Å². The van der Waals surface area contributed by atoms with Crippen LogP contribution in [0.5, 0.6) is 0 Å². The molecule has 796 valence electrons. The molecule has 0 aromatic carbocycles. The first-order valence-corrected chi connectivity index (χ1v) is 54.5. The maximum Gasteiger partial charge on any atom is 0.397 e. The van der Waals surface area contributed by atoms with Crippen LogP contribution in [-0.2, 0) is 122 Å². The third kappa shape index (κ3) is 39.0. The summed E-state index contributed by atoms with van der Waals surface area (Å²) in [6.07, 6.45) is -56.7. The molecule has 0 saturated carbocycles. The van der Waals surface area contributed by atoms with Crippen LogP contribution in [0.25, 0.3) is 0 Å². The fourth-order valence-electron chi connectivity index (χ4n) is 15.8. The molecule has 7 heterocycles. The summed E-state index contributed by atoms with van der Waals surface area (Å²) in [4.78, 5) is 0. The molecule has 0 aromatic rings. The minimum Gasteiger partial charge on any atom is -0.388 e. The van der Waals surface area contributed by atoms with Gasteiger partial charge in [0.2, 0.25) is 123 Å². The topological polar surface area (TPSA) is 1030 Å². The lowest BCUT2D eigenvalue weighted by atomic mass is 9.79. The zero-order chi connectivity index (χ0) is 99.4. The third-order valence-electron chi connectivity index (χ3n) is 20.7. The Morgan fingerprint density at radius 2 is 0.412 bits per heavy atom. The number of rotatable bonds is 48. The van der Waals surface area contributed by atoms with Crippen LogP contribution in [-0.4, -0.2) is 440 Å². The van der Waals surface area contributed by atoms with Gasteiger partial charge in [-0.05, 0) is 48.5 Å². The molecule has 0 bridgehead atoms. The molecule has 0 spiro atoms. The number of hydrogen-bond acceptors (Lipinski definition) is 64. The number of ether oxygens (including phenoxy) is 13. The Kier molecular flexibility index (Phi) is 43.8. The number of hydrogen-bond donors (Lipinski definition) is 38. The van der Waals surface area contributed by atoms with E-state index in [2.05, 4.69) is 8.37 Å². The van der Waals surface area contributed by atoms with Crippen molar-refractivity contribution < 1.29 is 295 Å². The average Bonchev–Trinajstić information content (AvgIpc) is 0.770. The van der Waals surface area contributed by atoms with E-state index in [0.29, 0.717) is 0 Å². The van der Waals surface area contributed by atoms with E-state index in [1.807, 2.05) is 0 Å². The van der Waals surface area contributed by atoms with Crippen molar-refractivity contribution in [1.82, 2.24) is 0 Å². The van der Waals surface area contributed by atoms with Crippen LogP contribution < -0.4 is 0 Å². The lowest BCUT2D eigenvalue weighted by Gasteiger charge is -2.49. The summed E-state index contributed by atoms with van der Waals surface area (Å²) in [5.41, 5.74) is 0.